The Hall–Kier alpha value is -0.0600. The molecule has 0 aromatic heterocycles. The first-order chi connectivity index (χ1) is 8.22. The van der Waals surface area contributed by atoms with Gasteiger partial charge in [0.1, 0.15) is 12.4 Å². The number of ether oxygens (including phenoxy) is 1. The van der Waals surface area contributed by atoms with E-state index in [-0.39, 0.29) is 0 Å². The first-order valence-electron chi connectivity index (χ1n) is 5.95. The molecular formula is C13H19Br2NO. The lowest BCUT2D eigenvalue weighted by atomic mass is 10.2. The molecule has 0 saturated carbocycles. The van der Waals surface area contributed by atoms with E-state index in [2.05, 4.69) is 44.1 Å². The minimum atomic E-state index is 0.626. The third-order valence-corrected chi connectivity index (χ3v) is 4.02. The van der Waals surface area contributed by atoms with Crippen LogP contribution in [0.25, 0.3) is 0 Å². The van der Waals surface area contributed by atoms with Crippen LogP contribution in [0.4, 0.5) is 0 Å². The minimum absolute atomic E-state index is 0.626. The van der Waals surface area contributed by atoms with Gasteiger partial charge in [-0.1, -0.05) is 44.8 Å². The summed E-state index contributed by atoms with van der Waals surface area (Å²) < 4.78 is 6.67. The Morgan fingerprint density at radius 3 is 2.88 bits per heavy atom. The van der Waals surface area contributed by atoms with Gasteiger partial charge in [0.05, 0.1) is 0 Å². The van der Waals surface area contributed by atoms with Crippen LogP contribution in [-0.2, 0) is 0 Å². The Morgan fingerprint density at radius 1 is 1.35 bits per heavy atom. The van der Waals surface area contributed by atoms with Crippen molar-refractivity contribution in [2.75, 3.05) is 19.7 Å². The minimum Gasteiger partial charge on any atom is -0.492 e. The molecule has 0 amide bonds. The molecule has 1 rings (SSSR count). The highest BCUT2D eigenvalue weighted by Gasteiger charge is 1.99. The van der Waals surface area contributed by atoms with Crippen molar-refractivity contribution in [3.63, 3.8) is 0 Å². The van der Waals surface area contributed by atoms with Crippen LogP contribution in [-0.4, -0.2) is 24.5 Å². The van der Waals surface area contributed by atoms with Gasteiger partial charge in [-0.15, -0.1) is 0 Å². The van der Waals surface area contributed by atoms with Crippen LogP contribution < -0.4 is 10.1 Å². The largest absolute Gasteiger partial charge is 0.492 e. The van der Waals surface area contributed by atoms with E-state index < -0.39 is 0 Å². The number of hydrogen-bond acceptors (Lipinski definition) is 2. The van der Waals surface area contributed by atoms with Gasteiger partial charge < -0.3 is 10.1 Å². The maximum atomic E-state index is 5.62. The van der Waals surface area contributed by atoms with Gasteiger partial charge in [-0.2, -0.15) is 0 Å². The molecule has 0 bridgehead atoms. The van der Waals surface area contributed by atoms with Crippen molar-refractivity contribution < 1.29 is 4.74 Å². The van der Waals surface area contributed by atoms with Crippen molar-refractivity contribution in [2.24, 2.45) is 0 Å². The van der Waals surface area contributed by atoms with Gasteiger partial charge in [0.2, 0.25) is 0 Å². The van der Waals surface area contributed by atoms with Gasteiger partial charge >= 0.3 is 0 Å². The first kappa shape index (κ1) is 15.0. The highest BCUT2D eigenvalue weighted by molar-refractivity contribution is 9.10. The highest BCUT2D eigenvalue weighted by atomic mass is 79.9. The van der Waals surface area contributed by atoms with E-state index in [1.807, 2.05) is 24.3 Å². The SMILES string of the molecule is CCC(Br)CCNCCOc1cccc(Br)c1. The molecule has 96 valence electrons. The van der Waals surface area contributed by atoms with Gasteiger partial charge in [0.25, 0.3) is 0 Å². The number of rotatable bonds is 8. The summed E-state index contributed by atoms with van der Waals surface area (Å²) in [4.78, 5) is 0.626. The average Bonchev–Trinajstić information content (AvgIpc) is 2.33. The molecular weight excluding hydrogens is 346 g/mol. The molecule has 17 heavy (non-hydrogen) atoms. The van der Waals surface area contributed by atoms with Crippen LogP contribution >= 0.6 is 31.9 Å². The molecule has 0 fully saturated rings. The van der Waals surface area contributed by atoms with Crippen LogP contribution in [0.1, 0.15) is 19.8 Å². The predicted octanol–water partition coefficient (Wildman–Crippen LogP) is 3.98. The lowest BCUT2D eigenvalue weighted by Crippen LogP contribution is -2.23. The third-order valence-electron chi connectivity index (χ3n) is 2.42. The second-order valence-electron chi connectivity index (χ2n) is 3.85. The van der Waals surface area contributed by atoms with E-state index >= 15 is 0 Å². The Kier molecular flexibility index (Phi) is 7.90. The van der Waals surface area contributed by atoms with Gasteiger partial charge in [-0.3, -0.25) is 0 Å². The Balaban J connectivity index is 2.05. The van der Waals surface area contributed by atoms with Crippen molar-refractivity contribution in [1.82, 2.24) is 5.32 Å². The fraction of sp³-hybridized carbons (Fsp3) is 0.538. The predicted molar refractivity (Wildman–Crippen MR) is 80.1 cm³/mol. The van der Waals surface area contributed by atoms with Gasteiger partial charge in [0, 0.05) is 15.8 Å². The highest BCUT2D eigenvalue weighted by Crippen LogP contribution is 2.17. The van der Waals surface area contributed by atoms with Crippen molar-refractivity contribution in [3.05, 3.63) is 28.7 Å². The van der Waals surface area contributed by atoms with Crippen molar-refractivity contribution in [3.8, 4) is 5.75 Å². The molecule has 1 N–H and O–H groups in total. The van der Waals surface area contributed by atoms with E-state index in [0.29, 0.717) is 11.4 Å². The summed E-state index contributed by atoms with van der Waals surface area (Å²) >= 11 is 7.03. The van der Waals surface area contributed by atoms with E-state index in [0.717, 1.165) is 29.7 Å². The molecule has 0 spiro atoms. The molecule has 4 heteroatoms. The van der Waals surface area contributed by atoms with Crippen molar-refractivity contribution >= 4 is 31.9 Å². The van der Waals surface area contributed by atoms with Crippen LogP contribution in [0.3, 0.4) is 0 Å². The topological polar surface area (TPSA) is 21.3 Å². The first-order valence-corrected chi connectivity index (χ1v) is 7.66. The molecule has 2 nitrogen and oxygen atoms in total. The Bertz CT molecular complexity index is 320. The summed E-state index contributed by atoms with van der Waals surface area (Å²) in [6.07, 6.45) is 2.34. The zero-order chi connectivity index (χ0) is 12.5. The van der Waals surface area contributed by atoms with Crippen molar-refractivity contribution in [1.29, 1.82) is 0 Å². The van der Waals surface area contributed by atoms with Gasteiger partial charge in [0.15, 0.2) is 0 Å². The van der Waals surface area contributed by atoms with E-state index in [4.69, 9.17) is 4.74 Å². The zero-order valence-corrected chi connectivity index (χ0v) is 13.3. The fourth-order valence-electron chi connectivity index (χ4n) is 1.39. The standard InChI is InChI=1S/C13H19Br2NO/c1-2-11(14)6-7-16-8-9-17-13-5-3-4-12(15)10-13/h3-5,10-11,16H,2,6-9H2,1H3. The van der Waals surface area contributed by atoms with Gasteiger partial charge in [-0.25, -0.2) is 0 Å². The molecule has 0 aliphatic rings. The van der Waals surface area contributed by atoms with Crippen molar-refractivity contribution in [2.45, 2.75) is 24.6 Å². The second kappa shape index (κ2) is 8.95. The molecule has 1 unspecified atom stereocenters. The molecule has 1 atom stereocenters. The third kappa shape index (κ3) is 7.06. The lowest BCUT2D eigenvalue weighted by Gasteiger charge is -2.09. The maximum Gasteiger partial charge on any atom is 0.120 e. The number of benzene rings is 1. The normalized spacial score (nSPS) is 12.4. The summed E-state index contributed by atoms with van der Waals surface area (Å²) in [6, 6.07) is 7.91. The average molecular weight is 365 g/mol. The molecule has 0 radical (unpaired) electrons. The molecule has 1 aromatic carbocycles. The molecule has 0 heterocycles. The molecule has 0 saturated heterocycles. The number of alkyl halides is 1. The monoisotopic (exact) mass is 363 g/mol. The Morgan fingerprint density at radius 2 is 2.18 bits per heavy atom. The van der Waals surface area contributed by atoms with E-state index in [1.165, 1.54) is 6.42 Å². The second-order valence-corrected chi connectivity index (χ2v) is 6.06. The summed E-state index contributed by atoms with van der Waals surface area (Å²) in [7, 11) is 0. The summed E-state index contributed by atoms with van der Waals surface area (Å²) in [6.45, 7) is 4.81. The number of nitrogens with one attached hydrogen (secondary N) is 1. The summed E-state index contributed by atoms with van der Waals surface area (Å²) in [5, 5.41) is 3.37. The molecule has 0 aliphatic heterocycles. The maximum absolute atomic E-state index is 5.62. The van der Waals surface area contributed by atoms with E-state index in [9.17, 15) is 0 Å². The summed E-state index contributed by atoms with van der Waals surface area (Å²) in [5.41, 5.74) is 0. The zero-order valence-electron chi connectivity index (χ0n) is 10.1. The molecule has 0 aliphatic carbocycles. The van der Waals surface area contributed by atoms with Crippen LogP contribution in [0.2, 0.25) is 0 Å². The van der Waals surface area contributed by atoms with Gasteiger partial charge in [-0.05, 0) is 37.6 Å². The number of hydrogen-bond donors (Lipinski definition) is 1. The molecule has 1 aromatic rings. The lowest BCUT2D eigenvalue weighted by molar-refractivity contribution is 0.313. The summed E-state index contributed by atoms with van der Waals surface area (Å²) in [5.74, 6) is 0.910. The van der Waals surface area contributed by atoms with Crippen LogP contribution in [0, 0.1) is 0 Å². The quantitative estimate of drug-likeness (QED) is 0.556. The fourth-order valence-corrected chi connectivity index (χ4v) is 1.99. The Labute approximate surface area is 120 Å². The smallest absolute Gasteiger partial charge is 0.120 e. The van der Waals surface area contributed by atoms with E-state index in [1.54, 1.807) is 0 Å². The van der Waals surface area contributed by atoms with Crippen LogP contribution in [0.5, 0.6) is 5.75 Å². The number of halogens is 2. The van der Waals surface area contributed by atoms with Crippen LogP contribution in [0.15, 0.2) is 28.7 Å².